The normalized spacial score (nSPS) is 23.0. The van der Waals surface area contributed by atoms with Gasteiger partial charge in [-0.1, -0.05) is 52.0 Å². The fourth-order valence-electron chi connectivity index (χ4n) is 5.46. The minimum absolute atomic E-state index is 0.00740. The maximum atomic E-state index is 13.4. The largest absolute Gasteiger partial charge is 0.508 e. The molecule has 0 bridgehead atoms. The van der Waals surface area contributed by atoms with E-state index in [0.29, 0.717) is 53.9 Å². The molecule has 3 aliphatic rings. The second-order valence-electron chi connectivity index (χ2n) is 10.8. The Labute approximate surface area is 182 Å². The molecule has 2 aliphatic carbocycles. The second-order valence-corrected chi connectivity index (χ2v) is 10.8. The van der Waals surface area contributed by atoms with E-state index in [-0.39, 0.29) is 28.1 Å². The van der Waals surface area contributed by atoms with Crippen molar-refractivity contribution in [2.75, 3.05) is 0 Å². The summed E-state index contributed by atoms with van der Waals surface area (Å²) in [5.74, 6) is 0.891. The lowest BCUT2D eigenvalue weighted by atomic mass is 9.65. The van der Waals surface area contributed by atoms with E-state index in [9.17, 15) is 14.7 Å². The molecule has 5 rings (SSSR count). The van der Waals surface area contributed by atoms with Crippen molar-refractivity contribution >= 4 is 22.3 Å². The van der Waals surface area contributed by atoms with Crippen molar-refractivity contribution < 1.29 is 19.4 Å². The first kappa shape index (κ1) is 20.0. The molecule has 0 saturated heterocycles. The minimum Gasteiger partial charge on any atom is -0.508 e. The molecule has 0 spiro atoms. The molecule has 160 valence electrons. The topological polar surface area (TPSA) is 63.6 Å². The summed E-state index contributed by atoms with van der Waals surface area (Å²) < 4.78 is 6.32. The quantitative estimate of drug-likeness (QED) is 0.624. The predicted molar refractivity (Wildman–Crippen MR) is 120 cm³/mol. The molecule has 1 aliphatic heterocycles. The third-order valence-corrected chi connectivity index (χ3v) is 6.79. The highest BCUT2D eigenvalue weighted by atomic mass is 16.5. The number of hydrogen-bond acceptors (Lipinski definition) is 4. The maximum absolute atomic E-state index is 13.4. The molecule has 4 heteroatoms. The third kappa shape index (κ3) is 3.29. The lowest BCUT2D eigenvalue weighted by molar-refractivity contribution is -0.120. The molecule has 31 heavy (non-hydrogen) atoms. The number of carbonyl (C=O) groups is 2. The number of ether oxygens (including phenoxy) is 1. The monoisotopic (exact) mass is 416 g/mol. The van der Waals surface area contributed by atoms with Gasteiger partial charge in [-0.3, -0.25) is 9.59 Å². The fourth-order valence-corrected chi connectivity index (χ4v) is 5.46. The highest BCUT2D eigenvalue weighted by Gasteiger charge is 2.48. The van der Waals surface area contributed by atoms with Crippen LogP contribution >= 0.6 is 0 Å². The van der Waals surface area contributed by atoms with E-state index in [0.717, 1.165) is 10.8 Å². The lowest BCUT2D eigenvalue weighted by Crippen LogP contribution is -2.37. The van der Waals surface area contributed by atoms with E-state index in [2.05, 4.69) is 27.7 Å². The Morgan fingerprint density at radius 1 is 0.806 bits per heavy atom. The van der Waals surface area contributed by atoms with Gasteiger partial charge in [0.15, 0.2) is 11.6 Å². The van der Waals surface area contributed by atoms with Gasteiger partial charge >= 0.3 is 0 Å². The number of Topliss-reactive ketones (excluding diaryl/α,β-unsaturated/α-hetero) is 2. The van der Waals surface area contributed by atoms with Crippen molar-refractivity contribution in [2.45, 2.75) is 59.3 Å². The summed E-state index contributed by atoms with van der Waals surface area (Å²) in [6.07, 6.45) is 2.10. The van der Waals surface area contributed by atoms with Crippen LogP contribution in [0.1, 0.15) is 64.9 Å². The molecule has 0 saturated carbocycles. The summed E-state index contributed by atoms with van der Waals surface area (Å²) in [7, 11) is 0. The van der Waals surface area contributed by atoms with Crippen LogP contribution in [0, 0.1) is 10.8 Å². The number of fused-ring (bicyclic) bond motifs is 1. The van der Waals surface area contributed by atoms with Gasteiger partial charge in [-0.05, 0) is 33.7 Å². The standard InChI is InChI=1S/C27H28O4/c1-26(2)11-19(29)24-21(13-26)31-22-14-27(3,4)12-20(30)25(22)23(24)17-9-15-7-5-6-8-16(15)10-18(17)28/h5-10,23,28H,11-14H2,1-4H3. The van der Waals surface area contributed by atoms with Crippen molar-refractivity contribution in [3.63, 3.8) is 0 Å². The summed E-state index contributed by atoms with van der Waals surface area (Å²) in [6, 6.07) is 11.5. The number of aromatic hydroxyl groups is 1. The summed E-state index contributed by atoms with van der Waals surface area (Å²) in [4.78, 5) is 26.7. The van der Waals surface area contributed by atoms with Gasteiger partial charge in [0.05, 0.1) is 5.92 Å². The highest BCUT2D eigenvalue weighted by Crippen LogP contribution is 2.54. The number of hydrogen-bond donors (Lipinski definition) is 1. The zero-order valence-electron chi connectivity index (χ0n) is 18.5. The van der Waals surface area contributed by atoms with E-state index in [1.807, 2.05) is 30.3 Å². The molecule has 4 nitrogen and oxygen atoms in total. The summed E-state index contributed by atoms with van der Waals surface area (Å²) in [5.41, 5.74) is 1.33. The molecule has 0 atom stereocenters. The second kappa shape index (κ2) is 6.56. The Kier molecular flexibility index (Phi) is 4.24. The number of phenolic OH excluding ortho intramolecular Hbond substituents is 1. The molecule has 0 amide bonds. The highest BCUT2D eigenvalue weighted by molar-refractivity contribution is 6.06. The molecule has 0 unspecified atom stereocenters. The van der Waals surface area contributed by atoms with Gasteiger partial charge < -0.3 is 9.84 Å². The van der Waals surface area contributed by atoms with E-state index in [1.54, 1.807) is 6.07 Å². The van der Waals surface area contributed by atoms with E-state index in [4.69, 9.17) is 4.74 Å². The Balaban J connectivity index is 1.77. The predicted octanol–water partition coefficient (Wildman–Crippen LogP) is 5.95. The molecular weight excluding hydrogens is 388 g/mol. The molecule has 1 N–H and O–H groups in total. The van der Waals surface area contributed by atoms with Crippen LogP contribution in [0.25, 0.3) is 10.8 Å². The van der Waals surface area contributed by atoms with Crippen molar-refractivity contribution in [1.29, 1.82) is 0 Å². The molecule has 0 aromatic heterocycles. The number of rotatable bonds is 1. The van der Waals surface area contributed by atoms with Crippen LogP contribution in [-0.4, -0.2) is 16.7 Å². The Morgan fingerprint density at radius 2 is 1.29 bits per heavy atom. The number of ketones is 2. The summed E-state index contributed by atoms with van der Waals surface area (Å²) >= 11 is 0. The lowest BCUT2D eigenvalue weighted by Gasteiger charge is -2.42. The van der Waals surface area contributed by atoms with E-state index >= 15 is 0 Å². The summed E-state index contributed by atoms with van der Waals surface area (Å²) in [5, 5.41) is 12.9. The number of carbonyl (C=O) groups excluding carboxylic acids is 2. The summed E-state index contributed by atoms with van der Waals surface area (Å²) in [6.45, 7) is 8.28. The van der Waals surface area contributed by atoms with Crippen LogP contribution in [0.5, 0.6) is 5.75 Å². The Morgan fingerprint density at radius 3 is 1.81 bits per heavy atom. The van der Waals surface area contributed by atoms with Crippen molar-refractivity contribution in [1.82, 2.24) is 0 Å². The van der Waals surface area contributed by atoms with Crippen LogP contribution in [0.2, 0.25) is 0 Å². The average molecular weight is 417 g/mol. The fraction of sp³-hybridized carbons (Fsp3) is 0.407. The minimum atomic E-state index is -0.574. The molecule has 1 heterocycles. The van der Waals surface area contributed by atoms with Gasteiger partial charge in [0.2, 0.25) is 0 Å². The Bertz CT molecular complexity index is 1160. The molecular formula is C27H28O4. The van der Waals surface area contributed by atoms with Crippen molar-refractivity contribution in [2.24, 2.45) is 10.8 Å². The first-order valence-electron chi connectivity index (χ1n) is 11.0. The zero-order valence-corrected chi connectivity index (χ0v) is 18.5. The third-order valence-electron chi connectivity index (χ3n) is 6.79. The van der Waals surface area contributed by atoms with Gasteiger partial charge in [-0.25, -0.2) is 0 Å². The van der Waals surface area contributed by atoms with Gasteiger partial charge in [0.1, 0.15) is 17.3 Å². The molecule has 2 aromatic carbocycles. The average Bonchev–Trinajstić information content (AvgIpc) is 2.63. The van der Waals surface area contributed by atoms with Crippen LogP contribution in [0.15, 0.2) is 59.1 Å². The zero-order chi connectivity index (χ0) is 22.1. The van der Waals surface area contributed by atoms with Gasteiger partial charge in [0, 0.05) is 42.4 Å². The maximum Gasteiger partial charge on any atom is 0.163 e. The molecule has 0 radical (unpaired) electrons. The SMILES string of the molecule is CC1(C)CC(=O)C2=C(C1)OC1=C(C(=O)CC(C)(C)C1)C2c1cc2ccccc2cc1O. The van der Waals surface area contributed by atoms with E-state index in [1.165, 1.54) is 0 Å². The number of allylic oxidation sites excluding steroid dienone is 4. The smallest absolute Gasteiger partial charge is 0.163 e. The van der Waals surface area contributed by atoms with E-state index < -0.39 is 5.92 Å². The van der Waals surface area contributed by atoms with Crippen LogP contribution < -0.4 is 0 Å². The van der Waals surface area contributed by atoms with Gasteiger partial charge in [-0.15, -0.1) is 0 Å². The van der Waals surface area contributed by atoms with Crippen molar-refractivity contribution in [3.8, 4) is 5.75 Å². The first-order valence-corrected chi connectivity index (χ1v) is 11.0. The number of phenols is 1. The van der Waals surface area contributed by atoms with Crippen molar-refractivity contribution in [3.05, 3.63) is 64.6 Å². The molecule has 0 fully saturated rings. The van der Waals surface area contributed by atoms with Crippen LogP contribution in [0.3, 0.4) is 0 Å². The molecule has 2 aromatic rings. The van der Waals surface area contributed by atoms with Crippen LogP contribution in [0.4, 0.5) is 0 Å². The van der Waals surface area contributed by atoms with Crippen LogP contribution in [-0.2, 0) is 14.3 Å². The van der Waals surface area contributed by atoms with Gasteiger partial charge in [-0.2, -0.15) is 0 Å². The Hall–Kier alpha value is -2.88. The van der Waals surface area contributed by atoms with Gasteiger partial charge in [0.25, 0.3) is 0 Å². The first-order chi connectivity index (χ1) is 14.5. The number of benzene rings is 2.